The number of rotatable bonds is 56. The van der Waals surface area contributed by atoms with E-state index in [2.05, 4.69) is 27.7 Å². The Morgan fingerprint density at radius 3 is 0.361 bits per heavy atom. The van der Waals surface area contributed by atoms with Crippen molar-refractivity contribution in [2.45, 2.75) is 362 Å². The van der Waals surface area contributed by atoms with Gasteiger partial charge in [-0.3, -0.25) is 0 Å². The molecule has 0 aliphatic carbocycles. The number of unbranched alkanes of at least 4 members (excludes halogenated alkanes) is 48. The van der Waals surface area contributed by atoms with Gasteiger partial charge in [0.15, 0.2) is 0 Å². The van der Waals surface area contributed by atoms with Gasteiger partial charge in [-0.15, -0.1) is 0 Å². The first-order valence-corrected chi connectivity index (χ1v) is 33.1. The molecule has 0 atom stereocenters. The maximum absolute atomic E-state index is 2.41. The molecule has 0 heterocycles. The van der Waals surface area contributed by atoms with Gasteiger partial charge in [0.2, 0.25) is 0 Å². The van der Waals surface area contributed by atoms with Crippen LogP contribution in [-0.4, -0.2) is 24.6 Å². The predicted octanol–water partition coefficient (Wildman–Crippen LogP) is 23.1. The van der Waals surface area contributed by atoms with E-state index in [0.29, 0.717) is 0 Å². The topological polar surface area (TPSA) is 0 Å². The molecule has 61 heavy (non-hydrogen) atoms. The third-order valence-electron chi connectivity index (χ3n) is 15.2. The van der Waals surface area contributed by atoms with Crippen LogP contribution in [0.3, 0.4) is 0 Å². The monoisotopic (exact) mass is 877 g/mol. The van der Waals surface area contributed by atoms with Crippen molar-refractivity contribution in [1.29, 1.82) is 0 Å². The first kappa shape index (κ1) is 61.4. The molecular formula is C60H125P. The molecule has 0 spiro atoms. The quantitative estimate of drug-likeness (QED) is 0.0422. The van der Waals surface area contributed by atoms with Crippen molar-refractivity contribution in [2.24, 2.45) is 0 Å². The smallest absolute Gasteiger partial charge is 0.0654 e. The first-order chi connectivity index (χ1) is 30.2. The minimum atomic E-state index is -1.17. The van der Waals surface area contributed by atoms with Gasteiger partial charge in [0, 0.05) is 0 Å². The van der Waals surface area contributed by atoms with Crippen molar-refractivity contribution in [3.8, 4) is 0 Å². The molecule has 0 N–H and O–H groups in total. The van der Waals surface area contributed by atoms with Gasteiger partial charge in [-0.1, -0.05) is 117 Å². The van der Waals surface area contributed by atoms with E-state index in [1.54, 1.807) is 69.6 Å². The van der Waals surface area contributed by atoms with Gasteiger partial charge in [0.25, 0.3) is 0 Å². The van der Waals surface area contributed by atoms with Crippen molar-refractivity contribution in [2.75, 3.05) is 24.6 Å². The number of hydrogen-bond acceptors (Lipinski definition) is 0. The van der Waals surface area contributed by atoms with Crippen LogP contribution >= 0.6 is 7.26 Å². The molecule has 0 aliphatic rings. The Labute approximate surface area is 391 Å². The molecule has 0 aliphatic heterocycles. The molecule has 0 amide bonds. The second kappa shape index (κ2) is 54.8. The summed E-state index contributed by atoms with van der Waals surface area (Å²) >= 11 is 0. The van der Waals surface area contributed by atoms with Crippen molar-refractivity contribution < 1.29 is 0 Å². The normalized spacial score (nSPS) is 12.3. The van der Waals surface area contributed by atoms with Crippen molar-refractivity contribution in [3.63, 3.8) is 0 Å². The molecule has 0 radical (unpaired) electrons. The second-order valence-electron chi connectivity index (χ2n) is 21.5. The molecule has 0 aromatic carbocycles. The molecule has 0 unspecified atom stereocenters. The van der Waals surface area contributed by atoms with E-state index in [-0.39, 0.29) is 0 Å². The summed E-state index contributed by atoms with van der Waals surface area (Å²) in [5, 5.41) is 0. The Hall–Kier alpha value is 0.430. The van der Waals surface area contributed by atoms with Crippen LogP contribution in [0.1, 0.15) is 362 Å². The maximum atomic E-state index is 2.41. The van der Waals surface area contributed by atoms with E-state index in [4.69, 9.17) is 0 Å². The average molecular weight is 878 g/mol. The van der Waals surface area contributed by atoms with E-state index in [0.717, 1.165) is 0 Å². The Kier molecular flexibility index (Phi) is 55.1. The molecule has 0 aromatic rings. The fourth-order valence-corrected chi connectivity index (χ4v) is 16.3. The average Bonchev–Trinajstić information content (AvgIpc) is 3.27. The van der Waals surface area contributed by atoms with Gasteiger partial charge >= 0.3 is 276 Å². The van der Waals surface area contributed by atoms with Crippen LogP contribution in [0.25, 0.3) is 0 Å². The van der Waals surface area contributed by atoms with E-state index in [9.17, 15) is 0 Å². The summed E-state index contributed by atoms with van der Waals surface area (Å²) < 4.78 is 0. The zero-order chi connectivity index (χ0) is 44.1. The van der Waals surface area contributed by atoms with Crippen LogP contribution in [0.5, 0.6) is 0 Å². The zero-order valence-corrected chi connectivity index (χ0v) is 45.1. The van der Waals surface area contributed by atoms with E-state index in [1.807, 2.05) is 0 Å². The standard InChI is InChI=1S/C60H125P/c1-5-9-13-17-20-23-26-29-32-35-38-41-44-47-50-54-58-61(57-53-16-12-8-4,59-55-51-48-45-42-39-36-33-30-27-24-21-18-14-10-6-2)60-56-52-49-46-43-40-37-34-31-28-25-22-19-15-11-7-3/h61H,5-60H2,1-4H3. The van der Waals surface area contributed by atoms with Gasteiger partial charge in [0.1, 0.15) is 0 Å². The summed E-state index contributed by atoms with van der Waals surface area (Å²) in [5.41, 5.74) is 0. The third-order valence-corrected chi connectivity index (χ3v) is 20.9. The molecule has 0 fully saturated rings. The van der Waals surface area contributed by atoms with Gasteiger partial charge in [-0.2, -0.15) is 0 Å². The summed E-state index contributed by atoms with van der Waals surface area (Å²) in [6, 6.07) is 0. The van der Waals surface area contributed by atoms with Gasteiger partial charge in [-0.25, -0.2) is 0 Å². The van der Waals surface area contributed by atoms with E-state index < -0.39 is 7.26 Å². The molecule has 0 aromatic heterocycles. The van der Waals surface area contributed by atoms with Crippen LogP contribution in [-0.2, 0) is 0 Å². The van der Waals surface area contributed by atoms with Crippen molar-refractivity contribution >= 4 is 7.26 Å². The van der Waals surface area contributed by atoms with Crippen molar-refractivity contribution in [3.05, 3.63) is 0 Å². The Morgan fingerprint density at radius 2 is 0.230 bits per heavy atom. The van der Waals surface area contributed by atoms with Crippen LogP contribution in [0, 0.1) is 0 Å². The fraction of sp³-hybridized carbons (Fsp3) is 1.00. The molecule has 0 saturated carbocycles. The summed E-state index contributed by atoms with van der Waals surface area (Å²) in [7, 11) is -1.17. The molecular weight excluding hydrogens is 752 g/mol. The Morgan fingerprint density at radius 1 is 0.131 bits per heavy atom. The van der Waals surface area contributed by atoms with Crippen LogP contribution in [0.15, 0.2) is 0 Å². The summed E-state index contributed by atoms with van der Waals surface area (Å²) in [6.07, 6.45) is 84.5. The SMILES string of the molecule is CCCCCCCCCCCCCCCCCC[PH](CCCCCC)(CCCCCCCCCCCCCCCCCC)CCCCCCCCCCCCCCCCCC. The molecule has 0 bridgehead atoms. The van der Waals surface area contributed by atoms with E-state index >= 15 is 0 Å². The Bertz CT molecular complexity index is 655. The van der Waals surface area contributed by atoms with E-state index in [1.165, 1.54) is 289 Å². The Balaban J connectivity index is 4.57. The minimum absolute atomic E-state index is 1.17. The molecule has 1 heteroatoms. The second-order valence-corrected chi connectivity index (χ2v) is 26.5. The van der Waals surface area contributed by atoms with Crippen LogP contribution in [0.2, 0.25) is 0 Å². The van der Waals surface area contributed by atoms with Gasteiger partial charge in [0.05, 0.1) is 0 Å². The summed E-state index contributed by atoms with van der Waals surface area (Å²) in [5.74, 6) is 0. The fourth-order valence-electron chi connectivity index (χ4n) is 10.8. The first-order valence-electron chi connectivity index (χ1n) is 30.2. The van der Waals surface area contributed by atoms with Crippen molar-refractivity contribution in [1.82, 2.24) is 0 Å². The van der Waals surface area contributed by atoms with Gasteiger partial charge in [-0.05, 0) is 0 Å². The minimum Gasteiger partial charge on any atom is -0.0654 e. The van der Waals surface area contributed by atoms with Gasteiger partial charge < -0.3 is 0 Å². The zero-order valence-electron chi connectivity index (χ0n) is 44.1. The summed E-state index contributed by atoms with van der Waals surface area (Å²) in [6.45, 7) is 9.40. The third kappa shape index (κ3) is 49.7. The molecule has 0 saturated heterocycles. The predicted molar refractivity (Wildman–Crippen MR) is 291 cm³/mol. The molecule has 370 valence electrons. The number of hydrogen-bond donors (Lipinski definition) is 0. The molecule has 0 rings (SSSR count). The van der Waals surface area contributed by atoms with Crippen LogP contribution in [0.4, 0.5) is 0 Å². The van der Waals surface area contributed by atoms with Crippen LogP contribution < -0.4 is 0 Å². The molecule has 0 nitrogen and oxygen atoms in total. The summed E-state index contributed by atoms with van der Waals surface area (Å²) in [4.78, 5) is 0.